The highest BCUT2D eigenvalue weighted by atomic mass is 16.5. The van der Waals surface area contributed by atoms with E-state index in [0.717, 1.165) is 32.1 Å². The van der Waals surface area contributed by atoms with Gasteiger partial charge in [-0.1, -0.05) is 24.4 Å². The monoisotopic (exact) mass is 262 g/mol. The Morgan fingerprint density at radius 2 is 2.16 bits per heavy atom. The van der Waals surface area contributed by atoms with E-state index in [1.54, 1.807) is 6.20 Å². The molecule has 0 aliphatic heterocycles. The zero-order chi connectivity index (χ0) is 13.2. The lowest BCUT2D eigenvalue weighted by Gasteiger charge is -2.15. The summed E-state index contributed by atoms with van der Waals surface area (Å²) in [5.74, 6) is 1.66. The highest BCUT2D eigenvalue weighted by Crippen LogP contribution is 2.31. The van der Waals surface area contributed by atoms with Gasteiger partial charge in [0.05, 0.1) is 12.0 Å². The highest BCUT2D eigenvalue weighted by molar-refractivity contribution is 5.42. The lowest BCUT2D eigenvalue weighted by molar-refractivity contribution is 0.119. The lowest BCUT2D eigenvalue weighted by atomic mass is 9.97. The first-order chi connectivity index (χ1) is 9.25. The number of imidazole rings is 1. The molecule has 0 radical (unpaired) electrons. The second-order valence-corrected chi connectivity index (χ2v) is 5.13. The zero-order valence-electron chi connectivity index (χ0n) is 11.0. The summed E-state index contributed by atoms with van der Waals surface area (Å²) in [6.07, 6.45) is 8.21. The van der Waals surface area contributed by atoms with Gasteiger partial charge in [-0.2, -0.15) is 4.98 Å². The molecule has 0 bridgehead atoms. The first-order valence-electron chi connectivity index (χ1n) is 6.75. The van der Waals surface area contributed by atoms with Crippen molar-refractivity contribution in [1.29, 1.82) is 0 Å². The fourth-order valence-electron chi connectivity index (χ4n) is 2.63. The molecule has 2 aromatic rings. The van der Waals surface area contributed by atoms with E-state index in [9.17, 15) is 5.11 Å². The Balaban J connectivity index is 1.86. The Morgan fingerprint density at radius 3 is 2.95 bits per heavy atom. The molecular weight excluding hydrogens is 244 g/mol. The van der Waals surface area contributed by atoms with Crippen molar-refractivity contribution in [2.45, 2.75) is 44.1 Å². The maximum Gasteiger partial charge on any atom is 0.238 e. The van der Waals surface area contributed by atoms with Crippen LogP contribution >= 0.6 is 0 Å². The van der Waals surface area contributed by atoms with E-state index >= 15 is 0 Å². The predicted octanol–water partition coefficient (Wildman–Crippen LogP) is 1.88. The van der Waals surface area contributed by atoms with E-state index in [1.165, 1.54) is 0 Å². The molecule has 2 aromatic heterocycles. The van der Waals surface area contributed by atoms with Crippen molar-refractivity contribution < 1.29 is 9.63 Å². The minimum absolute atomic E-state index is 0.0379. The third-order valence-corrected chi connectivity index (χ3v) is 3.76. The number of nitrogens with zero attached hydrogens (tertiary/aromatic N) is 4. The van der Waals surface area contributed by atoms with Crippen LogP contribution < -0.4 is 0 Å². The molecule has 3 rings (SSSR count). The van der Waals surface area contributed by atoms with Crippen LogP contribution in [0, 0.1) is 0 Å². The Morgan fingerprint density at radius 1 is 1.32 bits per heavy atom. The molecule has 102 valence electrons. The summed E-state index contributed by atoms with van der Waals surface area (Å²) in [6, 6.07) is 0. The third kappa shape index (κ3) is 2.40. The van der Waals surface area contributed by atoms with E-state index in [1.807, 2.05) is 17.8 Å². The van der Waals surface area contributed by atoms with Crippen molar-refractivity contribution in [1.82, 2.24) is 19.7 Å². The van der Waals surface area contributed by atoms with Crippen LogP contribution in [0.5, 0.6) is 0 Å². The number of aliphatic hydroxyl groups is 1. The number of aromatic nitrogens is 4. The van der Waals surface area contributed by atoms with Gasteiger partial charge in [-0.05, 0) is 12.8 Å². The molecule has 6 nitrogen and oxygen atoms in total. The van der Waals surface area contributed by atoms with E-state index in [2.05, 4.69) is 15.1 Å². The van der Waals surface area contributed by atoms with Crippen molar-refractivity contribution in [3.05, 3.63) is 18.3 Å². The molecule has 1 N–H and O–H groups in total. The summed E-state index contributed by atoms with van der Waals surface area (Å²) in [7, 11) is 1.89. The first kappa shape index (κ1) is 12.3. The lowest BCUT2D eigenvalue weighted by Crippen LogP contribution is -2.17. The fourth-order valence-corrected chi connectivity index (χ4v) is 2.63. The number of aryl methyl sites for hydroxylation is 1. The van der Waals surface area contributed by atoms with E-state index in [-0.39, 0.29) is 12.0 Å². The van der Waals surface area contributed by atoms with Crippen LogP contribution in [0.3, 0.4) is 0 Å². The third-order valence-electron chi connectivity index (χ3n) is 3.76. The van der Waals surface area contributed by atoms with Crippen molar-refractivity contribution in [2.75, 3.05) is 0 Å². The van der Waals surface area contributed by atoms with Crippen LogP contribution in [0.15, 0.2) is 16.9 Å². The standard InChI is InChI=1S/C13H18N4O2/c1-17-8-7-14-12(17)11-15-13(19-16-11)9-5-3-2-4-6-10(9)18/h7-10,18H,2-6H2,1H3. The van der Waals surface area contributed by atoms with Crippen LogP contribution in [0.1, 0.15) is 43.9 Å². The van der Waals surface area contributed by atoms with Crippen LogP contribution in [-0.2, 0) is 7.05 Å². The van der Waals surface area contributed by atoms with E-state index in [0.29, 0.717) is 17.5 Å². The molecule has 1 saturated carbocycles. The van der Waals surface area contributed by atoms with Crippen LogP contribution in [0.25, 0.3) is 11.6 Å². The van der Waals surface area contributed by atoms with Crippen molar-refractivity contribution in [2.24, 2.45) is 7.05 Å². The van der Waals surface area contributed by atoms with Crippen molar-refractivity contribution in [3.63, 3.8) is 0 Å². The quantitative estimate of drug-likeness (QED) is 0.836. The number of hydrogen-bond donors (Lipinski definition) is 1. The molecule has 2 atom stereocenters. The van der Waals surface area contributed by atoms with Gasteiger partial charge in [0.25, 0.3) is 0 Å². The summed E-state index contributed by atoms with van der Waals surface area (Å²) < 4.78 is 7.18. The first-order valence-corrected chi connectivity index (χ1v) is 6.75. The summed E-state index contributed by atoms with van der Waals surface area (Å²) in [4.78, 5) is 8.61. The van der Waals surface area contributed by atoms with E-state index in [4.69, 9.17) is 4.52 Å². The van der Waals surface area contributed by atoms with Gasteiger partial charge in [-0.15, -0.1) is 0 Å². The maximum atomic E-state index is 10.1. The van der Waals surface area contributed by atoms with Gasteiger partial charge in [0.1, 0.15) is 0 Å². The molecule has 1 aliphatic rings. The largest absolute Gasteiger partial charge is 0.392 e. The predicted molar refractivity (Wildman–Crippen MR) is 68.3 cm³/mol. The molecule has 6 heteroatoms. The Bertz CT molecular complexity index is 548. The molecule has 19 heavy (non-hydrogen) atoms. The summed E-state index contributed by atoms with van der Waals surface area (Å²) >= 11 is 0. The van der Waals surface area contributed by atoms with Gasteiger partial charge in [-0.3, -0.25) is 0 Å². The van der Waals surface area contributed by atoms with Crippen LogP contribution in [0.4, 0.5) is 0 Å². The Kier molecular flexibility index (Phi) is 3.33. The van der Waals surface area contributed by atoms with Crippen LogP contribution in [0.2, 0.25) is 0 Å². The fraction of sp³-hybridized carbons (Fsp3) is 0.615. The molecule has 0 saturated heterocycles. The Hall–Kier alpha value is -1.69. The van der Waals surface area contributed by atoms with Gasteiger partial charge >= 0.3 is 0 Å². The topological polar surface area (TPSA) is 77.0 Å². The molecule has 1 fully saturated rings. The Labute approximate surface area is 111 Å². The number of hydrogen-bond acceptors (Lipinski definition) is 5. The normalized spacial score (nSPS) is 24.3. The van der Waals surface area contributed by atoms with Crippen LogP contribution in [-0.4, -0.2) is 30.9 Å². The zero-order valence-corrected chi connectivity index (χ0v) is 11.0. The average Bonchev–Trinajstić information content (AvgIpc) is 2.97. The molecule has 0 spiro atoms. The van der Waals surface area contributed by atoms with Gasteiger partial charge in [0, 0.05) is 19.4 Å². The molecule has 2 heterocycles. The van der Waals surface area contributed by atoms with Gasteiger partial charge in [0.15, 0.2) is 5.82 Å². The SMILES string of the molecule is Cn1ccnc1-c1noc(C2CCCCCC2O)n1. The highest BCUT2D eigenvalue weighted by Gasteiger charge is 2.28. The summed E-state index contributed by atoms with van der Waals surface area (Å²) in [5, 5.41) is 14.1. The second-order valence-electron chi connectivity index (χ2n) is 5.13. The molecule has 2 unspecified atom stereocenters. The van der Waals surface area contributed by atoms with Gasteiger partial charge in [-0.25, -0.2) is 4.98 Å². The molecule has 0 amide bonds. The smallest absolute Gasteiger partial charge is 0.238 e. The minimum atomic E-state index is -0.378. The number of rotatable bonds is 2. The minimum Gasteiger partial charge on any atom is -0.392 e. The van der Waals surface area contributed by atoms with Crippen molar-refractivity contribution >= 4 is 0 Å². The summed E-state index contributed by atoms with van der Waals surface area (Å²) in [5.41, 5.74) is 0. The summed E-state index contributed by atoms with van der Waals surface area (Å²) in [6.45, 7) is 0. The number of aliphatic hydroxyl groups excluding tert-OH is 1. The second kappa shape index (κ2) is 5.13. The molecule has 1 aliphatic carbocycles. The van der Waals surface area contributed by atoms with Gasteiger partial charge in [0.2, 0.25) is 11.7 Å². The molecule has 0 aromatic carbocycles. The van der Waals surface area contributed by atoms with Gasteiger partial charge < -0.3 is 14.2 Å². The molecular formula is C13H18N4O2. The van der Waals surface area contributed by atoms with E-state index < -0.39 is 0 Å². The average molecular weight is 262 g/mol. The maximum absolute atomic E-state index is 10.1. The van der Waals surface area contributed by atoms with Crippen molar-refractivity contribution in [3.8, 4) is 11.6 Å².